The lowest BCUT2D eigenvalue weighted by Crippen LogP contribution is -2.28. The fraction of sp³-hybridized carbons (Fsp3) is 0.190. The van der Waals surface area contributed by atoms with Crippen LogP contribution < -0.4 is 10.2 Å². The van der Waals surface area contributed by atoms with E-state index >= 15 is 0 Å². The second kappa shape index (κ2) is 9.45. The third kappa shape index (κ3) is 5.12. The molecule has 6 nitrogen and oxygen atoms in total. The number of carbonyl (C=O) groups excluding carboxylic acids is 1. The van der Waals surface area contributed by atoms with E-state index in [-0.39, 0.29) is 5.91 Å². The van der Waals surface area contributed by atoms with Gasteiger partial charge >= 0.3 is 0 Å². The van der Waals surface area contributed by atoms with E-state index in [1.54, 1.807) is 13.2 Å². The molecule has 2 aromatic carbocycles. The highest BCUT2D eigenvalue weighted by Gasteiger charge is 2.15. The molecule has 0 aliphatic heterocycles. The number of para-hydroxylation sites is 1. The van der Waals surface area contributed by atoms with Gasteiger partial charge < -0.3 is 15.0 Å². The van der Waals surface area contributed by atoms with Gasteiger partial charge in [-0.25, -0.2) is 9.97 Å². The van der Waals surface area contributed by atoms with Crippen LogP contribution in [0.15, 0.2) is 73.1 Å². The second-order valence-corrected chi connectivity index (χ2v) is 5.92. The summed E-state index contributed by atoms with van der Waals surface area (Å²) in [6, 6.07) is 21.8. The van der Waals surface area contributed by atoms with Gasteiger partial charge in [-0.1, -0.05) is 48.5 Å². The minimum atomic E-state index is -0.247. The van der Waals surface area contributed by atoms with Crippen LogP contribution in [0.1, 0.15) is 16.1 Å². The Morgan fingerprint density at radius 1 is 1.04 bits per heavy atom. The van der Waals surface area contributed by atoms with Crippen LogP contribution in [-0.4, -0.2) is 36.1 Å². The lowest BCUT2D eigenvalue weighted by atomic mass is 10.2. The Labute approximate surface area is 158 Å². The van der Waals surface area contributed by atoms with Crippen LogP contribution in [-0.2, 0) is 11.3 Å². The van der Waals surface area contributed by atoms with E-state index in [4.69, 9.17) is 4.74 Å². The summed E-state index contributed by atoms with van der Waals surface area (Å²) in [5.41, 5.74) is 2.46. The topological polar surface area (TPSA) is 67.3 Å². The Balaban J connectivity index is 1.88. The van der Waals surface area contributed by atoms with E-state index in [9.17, 15) is 4.79 Å². The normalized spacial score (nSPS) is 10.4. The van der Waals surface area contributed by atoms with Gasteiger partial charge in [0.05, 0.1) is 6.61 Å². The van der Waals surface area contributed by atoms with E-state index in [0.717, 1.165) is 11.3 Å². The zero-order valence-electron chi connectivity index (χ0n) is 15.2. The van der Waals surface area contributed by atoms with Crippen molar-refractivity contribution in [2.75, 3.05) is 25.2 Å². The van der Waals surface area contributed by atoms with Crippen molar-refractivity contribution in [3.05, 3.63) is 84.3 Å². The molecule has 0 atom stereocenters. The van der Waals surface area contributed by atoms with Gasteiger partial charge in [-0.05, 0) is 17.7 Å². The van der Waals surface area contributed by atoms with E-state index in [1.807, 2.05) is 48.5 Å². The minimum Gasteiger partial charge on any atom is -0.383 e. The number of benzene rings is 2. The first-order valence-electron chi connectivity index (χ1n) is 8.73. The third-order valence-corrected chi connectivity index (χ3v) is 4.00. The van der Waals surface area contributed by atoms with E-state index in [1.165, 1.54) is 6.33 Å². The van der Waals surface area contributed by atoms with Gasteiger partial charge in [0.1, 0.15) is 17.8 Å². The Hall–Kier alpha value is -3.25. The number of anilines is 2. The number of hydrogen-bond donors (Lipinski definition) is 1. The van der Waals surface area contributed by atoms with Crippen molar-refractivity contribution < 1.29 is 9.53 Å². The molecule has 0 saturated carbocycles. The average Bonchev–Trinajstić information content (AvgIpc) is 2.73. The predicted octanol–water partition coefficient (Wildman–Crippen LogP) is 3.19. The molecule has 3 aromatic rings. The summed E-state index contributed by atoms with van der Waals surface area (Å²) in [7, 11) is 1.59. The van der Waals surface area contributed by atoms with Gasteiger partial charge in [0.15, 0.2) is 0 Å². The highest BCUT2D eigenvalue weighted by atomic mass is 16.5. The molecule has 0 saturated heterocycles. The van der Waals surface area contributed by atoms with Crippen LogP contribution in [0.25, 0.3) is 0 Å². The number of amides is 1. The number of nitrogens with zero attached hydrogens (tertiary/aromatic N) is 3. The molecule has 0 bridgehead atoms. The number of rotatable bonds is 8. The summed E-state index contributed by atoms with van der Waals surface area (Å²) in [6.45, 7) is 1.52. The largest absolute Gasteiger partial charge is 0.383 e. The molecular formula is C21H22N4O2. The van der Waals surface area contributed by atoms with Gasteiger partial charge in [0.2, 0.25) is 0 Å². The molecule has 0 aliphatic carbocycles. The molecule has 0 fully saturated rings. The quantitative estimate of drug-likeness (QED) is 0.624. The zero-order valence-corrected chi connectivity index (χ0v) is 15.2. The van der Waals surface area contributed by atoms with Crippen LogP contribution in [0.4, 0.5) is 11.5 Å². The molecule has 0 spiro atoms. The Bertz CT molecular complexity index is 856. The Morgan fingerprint density at radius 3 is 2.44 bits per heavy atom. The van der Waals surface area contributed by atoms with Crippen LogP contribution in [0.5, 0.6) is 0 Å². The maximum Gasteiger partial charge on any atom is 0.270 e. The van der Waals surface area contributed by atoms with Crippen molar-refractivity contribution in [3.63, 3.8) is 0 Å². The predicted molar refractivity (Wildman–Crippen MR) is 105 cm³/mol. The van der Waals surface area contributed by atoms with Gasteiger partial charge in [-0.15, -0.1) is 0 Å². The lowest BCUT2D eigenvalue weighted by molar-refractivity contribution is 0.0932. The molecule has 6 heteroatoms. The molecular weight excluding hydrogens is 340 g/mol. The third-order valence-electron chi connectivity index (χ3n) is 4.00. The Kier molecular flexibility index (Phi) is 6.49. The number of ether oxygens (including phenoxy) is 1. The average molecular weight is 362 g/mol. The fourth-order valence-electron chi connectivity index (χ4n) is 2.65. The first kappa shape index (κ1) is 18.5. The number of nitrogens with one attached hydrogen (secondary N) is 1. The fourth-order valence-corrected chi connectivity index (χ4v) is 2.65. The van der Waals surface area contributed by atoms with Gasteiger partial charge in [0, 0.05) is 32.0 Å². The molecule has 1 heterocycles. The van der Waals surface area contributed by atoms with Crippen molar-refractivity contribution in [1.82, 2.24) is 15.3 Å². The number of hydrogen-bond acceptors (Lipinski definition) is 5. The van der Waals surface area contributed by atoms with Crippen LogP contribution in [0.2, 0.25) is 0 Å². The van der Waals surface area contributed by atoms with Crippen molar-refractivity contribution >= 4 is 17.4 Å². The van der Waals surface area contributed by atoms with Gasteiger partial charge in [-0.3, -0.25) is 4.79 Å². The maximum atomic E-state index is 12.3. The van der Waals surface area contributed by atoms with Crippen LogP contribution in [0, 0.1) is 0 Å². The molecule has 0 unspecified atom stereocenters. The summed E-state index contributed by atoms with van der Waals surface area (Å²) in [4.78, 5) is 22.9. The molecule has 0 radical (unpaired) electrons. The van der Waals surface area contributed by atoms with E-state index < -0.39 is 0 Å². The van der Waals surface area contributed by atoms with Gasteiger partial charge in [-0.2, -0.15) is 0 Å². The summed E-state index contributed by atoms with van der Waals surface area (Å²) < 4.78 is 4.96. The Morgan fingerprint density at radius 2 is 1.74 bits per heavy atom. The second-order valence-electron chi connectivity index (χ2n) is 5.92. The molecule has 1 N–H and O–H groups in total. The minimum absolute atomic E-state index is 0.247. The van der Waals surface area contributed by atoms with Crippen molar-refractivity contribution in [3.8, 4) is 0 Å². The zero-order chi connectivity index (χ0) is 18.9. The summed E-state index contributed by atoms with van der Waals surface area (Å²) in [6.07, 6.45) is 1.42. The molecule has 138 valence electrons. The first-order valence-corrected chi connectivity index (χ1v) is 8.73. The highest BCUT2D eigenvalue weighted by Crippen LogP contribution is 2.25. The van der Waals surface area contributed by atoms with Gasteiger partial charge in [0.25, 0.3) is 5.91 Å². The molecule has 1 amide bonds. The molecule has 27 heavy (non-hydrogen) atoms. The standard InChI is InChI=1S/C21H22N4O2/c1-27-13-12-22-21(26)19-14-20(24-16-23-19)25(18-10-6-3-7-11-18)15-17-8-4-2-5-9-17/h2-11,14,16H,12-13,15H2,1H3,(H,22,26). The van der Waals surface area contributed by atoms with Crippen molar-refractivity contribution in [1.29, 1.82) is 0 Å². The number of carbonyl (C=O) groups is 1. The summed E-state index contributed by atoms with van der Waals surface area (Å²) in [5.74, 6) is 0.417. The van der Waals surface area contributed by atoms with Crippen molar-refractivity contribution in [2.45, 2.75) is 6.54 Å². The lowest BCUT2D eigenvalue weighted by Gasteiger charge is -2.24. The van der Waals surface area contributed by atoms with E-state index in [0.29, 0.717) is 31.2 Å². The SMILES string of the molecule is COCCNC(=O)c1cc(N(Cc2ccccc2)c2ccccc2)ncn1. The molecule has 0 aliphatic rings. The monoisotopic (exact) mass is 362 g/mol. The molecule has 1 aromatic heterocycles. The highest BCUT2D eigenvalue weighted by molar-refractivity contribution is 5.93. The van der Waals surface area contributed by atoms with Crippen LogP contribution >= 0.6 is 0 Å². The number of methoxy groups -OCH3 is 1. The van der Waals surface area contributed by atoms with Crippen molar-refractivity contribution in [2.24, 2.45) is 0 Å². The molecule has 3 rings (SSSR count). The number of aromatic nitrogens is 2. The maximum absolute atomic E-state index is 12.3. The van der Waals surface area contributed by atoms with E-state index in [2.05, 4.69) is 32.3 Å². The smallest absolute Gasteiger partial charge is 0.270 e. The summed E-state index contributed by atoms with van der Waals surface area (Å²) in [5, 5.41) is 2.78. The summed E-state index contributed by atoms with van der Waals surface area (Å²) >= 11 is 0. The van der Waals surface area contributed by atoms with Crippen LogP contribution in [0.3, 0.4) is 0 Å². The first-order chi connectivity index (χ1) is 13.3.